The highest BCUT2D eigenvalue weighted by molar-refractivity contribution is 5.15. The minimum absolute atomic E-state index is 0.0230. The molecule has 0 aliphatic heterocycles. The molecule has 1 aromatic rings. The van der Waals surface area contributed by atoms with E-state index in [9.17, 15) is 0 Å². The average molecular weight is 138 g/mol. The Balaban J connectivity index is 2.96. The van der Waals surface area contributed by atoms with Crippen LogP contribution >= 0.6 is 0 Å². The number of aromatic nitrogens is 1. The van der Waals surface area contributed by atoms with Gasteiger partial charge >= 0.3 is 0 Å². The van der Waals surface area contributed by atoms with E-state index in [1.165, 1.54) is 6.07 Å². The molecule has 0 aliphatic carbocycles. The van der Waals surface area contributed by atoms with E-state index in [1.54, 1.807) is 12.1 Å². The molecule has 0 bridgehead atoms. The molecule has 0 aromatic carbocycles. The Kier molecular flexibility index (Phi) is 1.87. The summed E-state index contributed by atoms with van der Waals surface area (Å²) in [6.07, 6.45) is 0. The number of aromatic hydroxyl groups is 1. The van der Waals surface area contributed by atoms with E-state index in [1.807, 2.05) is 6.92 Å². The van der Waals surface area contributed by atoms with Crippen molar-refractivity contribution >= 4 is 0 Å². The predicted molar refractivity (Wildman–Crippen MR) is 38.5 cm³/mol. The van der Waals surface area contributed by atoms with Gasteiger partial charge in [0.25, 0.3) is 0 Å². The number of rotatable bonds is 1. The van der Waals surface area contributed by atoms with E-state index in [2.05, 4.69) is 4.98 Å². The van der Waals surface area contributed by atoms with Crippen LogP contribution in [0.2, 0.25) is 0 Å². The first-order valence-electron chi connectivity index (χ1n) is 3.11. The largest absolute Gasteiger partial charge is 0.493 e. The molecule has 1 atom stereocenters. The summed E-state index contributed by atoms with van der Waals surface area (Å²) in [6.45, 7) is 1.82. The third-order valence-corrected chi connectivity index (χ3v) is 1.22. The summed E-state index contributed by atoms with van der Waals surface area (Å²) in [7, 11) is 0. The van der Waals surface area contributed by atoms with Crippen molar-refractivity contribution in [2.24, 2.45) is 5.73 Å². The summed E-state index contributed by atoms with van der Waals surface area (Å²) < 4.78 is 0. The Morgan fingerprint density at radius 3 is 2.70 bits per heavy atom. The molecule has 0 saturated carbocycles. The lowest BCUT2D eigenvalue weighted by molar-refractivity contribution is 0.449. The van der Waals surface area contributed by atoms with Gasteiger partial charge in [-0.3, -0.25) is 0 Å². The maximum Gasteiger partial charge on any atom is 0.210 e. The van der Waals surface area contributed by atoms with Gasteiger partial charge in [-0.15, -0.1) is 0 Å². The fourth-order valence-electron chi connectivity index (χ4n) is 0.693. The van der Waals surface area contributed by atoms with Crippen molar-refractivity contribution in [3.05, 3.63) is 23.9 Å². The van der Waals surface area contributed by atoms with Crippen molar-refractivity contribution in [1.29, 1.82) is 0 Å². The van der Waals surface area contributed by atoms with Crippen molar-refractivity contribution in [2.75, 3.05) is 0 Å². The van der Waals surface area contributed by atoms with Crippen LogP contribution in [0.4, 0.5) is 0 Å². The molecule has 1 heterocycles. The zero-order valence-electron chi connectivity index (χ0n) is 5.78. The van der Waals surface area contributed by atoms with Gasteiger partial charge in [-0.05, 0) is 13.0 Å². The molecular formula is C7H10N2O. The zero-order chi connectivity index (χ0) is 7.56. The Bertz CT molecular complexity index is 223. The second-order valence-corrected chi connectivity index (χ2v) is 2.21. The summed E-state index contributed by atoms with van der Waals surface area (Å²) in [5.41, 5.74) is 6.22. The lowest BCUT2D eigenvalue weighted by Gasteiger charge is -2.02. The monoisotopic (exact) mass is 138 g/mol. The quantitative estimate of drug-likeness (QED) is 0.603. The normalized spacial score (nSPS) is 13.0. The van der Waals surface area contributed by atoms with Gasteiger partial charge in [0.2, 0.25) is 5.88 Å². The average Bonchev–Trinajstić information content (AvgIpc) is 1.88. The number of hydrogen-bond acceptors (Lipinski definition) is 3. The number of nitrogens with two attached hydrogens (primary N) is 1. The van der Waals surface area contributed by atoms with Gasteiger partial charge in [0.1, 0.15) is 0 Å². The zero-order valence-corrected chi connectivity index (χ0v) is 5.78. The molecule has 0 spiro atoms. The number of hydrogen-bond donors (Lipinski definition) is 2. The Labute approximate surface area is 59.5 Å². The van der Waals surface area contributed by atoms with Crippen LogP contribution in [0.1, 0.15) is 18.7 Å². The van der Waals surface area contributed by atoms with Crippen molar-refractivity contribution in [2.45, 2.75) is 13.0 Å². The van der Waals surface area contributed by atoms with Crippen LogP contribution in [-0.4, -0.2) is 10.1 Å². The number of pyridine rings is 1. The smallest absolute Gasteiger partial charge is 0.210 e. The number of nitrogens with zero attached hydrogens (tertiary/aromatic N) is 1. The molecule has 0 saturated heterocycles. The molecule has 0 amide bonds. The first-order chi connectivity index (χ1) is 4.70. The van der Waals surface area contributed by atoms with Gasteiger partial charge in [0, 0.05) is 12.1 Å². The van der Waals surface area contributed by atoms with Crippen LogP contribution in [0.15, 0.2) is 18.2 Å². The van der Waals surface area contributed by atoms with E-state index in [0.29, 0.717) is 5.69 Å². The van der Waals surface area contributed by atoms with Gasteiger partial charge in [-0.25, -0.2) is 4.98 Å². The van der Waals surface area contributed by atoms with E-state index in [-0.39, 0.29) is 11.9 Å². The van der Waals surface area contributed by atoms with Gasteiger partial charge in [-0.1, -0.05) is 6.07 Å². The molecule has 3 heteroatoms. The topological polar surface area (TPSA) is 59.1 Å². The lowest BCUT2D eigenvalue weighted by Crippen LogP contribution is -2.06. The van der Waals surface area contributed by atoms with Crippen LogP contribution in [0, 0.1) is 0 Å². The van der Waals surface area contributed by atoms with Gasteiger partial charge in [-0.2, -0.15) is 0 Å². The molecule has 1 rings (SSSR count). The van der Waals surface area contributed by atoms with Gasteiger partial charge in [0.05, 0.1) is 5.69 Å². The molecule has 0 radical (unpaired) electrons. The predicted octanol–water partition coefficient (Wildman–Crippen LogP) is 0.807. The molecule has 0 aliphatic rings. The molecule has 3 nitrogen and oxygen atoms in total. The third-order valence-electron chi connectivity index (χ3n) is 1.22. The molecule has 1 aromatic heterocycles. The third kappa shape index (κ3) is 1.45. The minimum Gasteiger partial charge on any atom is -0.493 e. The van der Waals surface area contributed by atoms with Crippen molar-refractivity contribution in [3.63, 3.8) is 0 Å². The van der Waals surface area contributed by atoms with E-state index in [0.717, 1.165) is 0 Å². The summed E-state index contributed by atoms with van der Waals surface area (Å²) in [4.78, 5) is 3.80. The molecule has 1 unspecified atom stereocenters. The summed E-state index contributed by atoms with van der Waals surface area (Å²) in [5.74, 6) is 0.0230. The van der Waals surface area contributed by atoms with Crippen LogP contribution in [0.5, 0.6) is 5.88 Å². The Hall–Kier alpha value is -1.09. The van der Waals surface area contributed by atoms with Crippen molar-refractivity contribution < 1.29 is 5.11 Å². The molecule has 3 N–H and O–H groups in total. The fourth-order valence-corrected chi connectivity index (χ4v) is 0.693. The second kappa shape index (κ2) is 2.66. The van der Waals surface area contributed by atoms with Crippen LogP contribution < -0.4 is 5.73 Å². The van der Waals surface area contributed by atoms with E-state index >= 15 is 0 Å². The Morgan fingerprint density at radius 1 is 1.60 bits per heavy atom. The van der Waals surface area contributed by atoms with Crippen LogP contribution in [0.3, 0.4) is 0 Å². The van der Waals surface area contributed by atoms with Crippen LogP contribution in [-0.2, 0) is 0 Å². The SMILES string of the molecule is CC(N)c1cccc(O)n1. The van der Waals surface area contributed by atoms with Crippen molar-refractivity contribution in [1.82, 2.24) is 4.98 Å². The molecule has 0 fully saturated rings. The first kappa shape index (κ1) is 7.02. The van der Waals surface area contributed by atoms with Gasteiger partial charge in [0.15, 0.2) is 0 Å². The Morgan fingerprint density at radius 2 is 2.30 bits per heavy atom. The highest BCUT2D eigenvalue weighted by atomic mass is 16.3. The molecular weight excluding hydrogens is 128 g/mol. The van der Waals surface area contributed by atoms with Crippen LogP contribution in [0.25, 0.3) is 0 Å². The molecule has 54 valence electrons. The van der Waals surface area contributed by atoms with Gasteiger partial charge < -0.3 is 10.8 Å². The molecule has 10 heavy (non-hydrogen) atoms. The summed E-state index contributed by atoms with van der Waals surface area (Å²) in [6, 6.07) is 4.91. The summed E-state index contributed by atoms with van der Waals surface area (Å²) >= 11 is 0. The minimum atomic E-state index is -0.118. The fraction of sp³-hybridized carbons (Fsp3) is 0.286. The summed E-state index contributed by atoms with van der Waals surface area (Å²) in [5, 5.41) is 8.90. The maximum atomic E-state index is 8.90. The van der Waals surface area contributed by atoms with E-state index in [4.69, 9.17) is 10.8 Å². The first-order valence-corrected chi connectivity index (χ1v) is 3.11. The highest BCUT2D eigenvalue weighted by Gasteiger charge is 1.99. The maximum absolute atomic E-state index is 8.90. The second-order valence-electron chi connectivity index (χ2n) is 2.21. The van der Waals surface area contributed by atoms with Crippen molar-refractivity contribution in [3.8, 4) is 5.88 Å². The highest BCUT2D eigenvalue weighted by Crippen LogP contribution is 2.09. The standard InChI is InChI=1S/C7H10N2O/c1-5(8)6-3-2-4-7(10)9-6/h2-5H,8H2,1H3,(H,9,10). The lowest BCUT2D eigenvalue weighted by atomic mass is 10.2. The van der Waals surface area contributed by atoms with E-state index < -0.39 is 0 Å².